The van der Waals surface area contributed by atoms with Gasteiger partial charge in [-0.3, -0.25) is 0 Å². The molecular weight excluding hydrogens is 216 g/mol. The molecule has 2 nitrogen and oxygen atoms in total. The minimum atomic E-state index is 1.03. The van der Waals surface area contributed by atoms with Crippen LogP contribution < -0.4 is 9.47 Å². The molecule has 16 heavy (non-hydrogen) atoms. The van der Waals surface area contributed by atoms with E-state index in [1.807, 2.05) is 11.3 Å². The molecule has 82 valence electrons. The summed E-state index contributed by atoms with van der Waals surface area (Å²) in [4.78, 5) is 2.47. The standard InChI is InChI=1S/C13H15N2S/c1-11-10-16-13-14(7-8-15(11)13)9-12-5-3-2-4-6-12/h2-6,10H,7-9H2,1H3/q+1. The smallest absolute Gasteiger partial charge is 0.244 e. The second kappa shape index (κ2) is 3.91. The number of benzene rings is 1. The second-order valence-electron chi connectivity index (χ2n) is 4.22. The van der Waals surface area contributed by atoms with Crippen molar-refractivity contribution in [3.63, 3.8) is 0 Å². The zero-order valence-corrected chi connectivity index (χ0v) is 10.2. The molecule has 0 saturated carbocycles. The van der Waals surface area contributed by atoms with Crippen LogP contribution in [0.15, 0.2) is 35.7 Å². The van der Waals surface area contributed by atoms with E-state index in [1.165, 1.54) is 16.4 Å². The van der Waals surface area contributed by atoms with Crippen LogP contribution in [-0.2, 0) is 13.1 Å². The topological polar surface area (TPSA) is 7.12 Å². The molecule has 1 aliphatic rings. The van der Waals surface area contributed by atoms with E-state index in [0.29, 0.717) is 0 Å². The summed E-state index contributed by atoms with van der Waals surface area (Å²) < 4.78 is 2.41. The molecule has 0 spiro atoms. The maximum atomic E-state index is 2.47. The van der Waals surface area contributed by atoms with Gasteiger partial charge in [0.1, 0.15) is 25.3 Å². The summed E-state index contributed by atoms with van der Waals surface area (Å²) in [6.45, 7) is 5.49. The summed E-state index contributed by atoms with van der Waals surface area (Å²) in [5.74, 6) is 0. The van der Waals surface area contributed by atoms with Gasteiger partial charge in [0, 0.05) is 5.38 Å². The number of hydrogen-bond donors (Lipinski definition) is 0. The van der Waals surface area contributed by atoms with Crippen LogP contribution in [0.25, 0.3) is 0 Å². The quantitative estimate of drug-likeness (QED) is 0.720. The zero-order chi connectivity index (χ0) is 11.0. The number of anilines is 1. The number of fused-ring (bicyclic) bond motifs is 1. The summed E-state index contributed by atoms with van der Waals surface area (Å²) in [5.41, 5.74) is 2.78. The van der Waals surface area contributed by atoms with E-state index >= 15 is 0 Å². The highest BCUT2D eigenvalue weighted by Gasteiger charge is 2.30. The van der Waals surface area contributed by atoms with E-state index in [4.69, 9.17) is 0 Å². The van der Waals surface area contributed by atoms with Crippen molar-refractivity contribution >= 4 is 16.5 Å². The Morgan fingerprint density at radius 3 is 2.94 bits per heavy atom. The monoisotopic (exact) mass is 231 g/mol. The van der Waals surface area contributed by atoms with Crippen LogP contribution in [0.2, 0.25) is 0 Å². The lowest BCUT2D eigenvalue weighted by Gasteiger charge is -2.07. The van der Waals surface area contributed by atoms with Crippen LogP contribution in [0, 0.1) is 6.92 Å². The van der Waals surface area contributed by atoms with Crippen molar-refractivity contribution in [2.24, 2.45) is 0 Å². The zero-order valence-electron chi connectivity index (χ0n) is 9.39. The van der Waals surface area contributed by atoms with Crippen molar-refractivity contribution in [1.29, 1.82) is 0 Å². The highest BCUT2D eigenvalue weighted by molar-refractivity contribution is 7.13. The predicted molar refractivity (Wildman–Crippen MR) is 66.7 cm³/mol. The molecule has 0 atom stereocenters. The third-order valence-corrected chi connectivity index (χ3v) is 4.22. The van der Waals surface area contributed by atoms with Gasteiger partial charge in [0.2, 0.25) is 0 Å². The first kappa shape index (κ1) is 9.85. The molecule has 0 fully saturated rings. The van der Waals surface area contributed by atoms with Crippen molar-refractivity contribution in [1.82, 2.24) is 0 Å². The summed E-state index contributed by atoms with van der Waals surface area (Å²) in [5, 5.41) is 3.65. The largest absolute Gasteiger partial charge is 0.336 e. The Morgan fingerprint density at radius 2 is 2.12 bits per heavy atom. The molecule has 0 saturated heterocycles. The Labute approximate surface area is 99.8 Å². The molecule has 2 heterocycles. The Hall–Kier alpha value is -1.35. The average Bonchev–Trinajstić information content (AvgIpc) is 2.86. The number of hydrogen-bond acceptors (Lipinski definition) is 2. The van der Waals surface area contributed by atoms with Gasteiger partial charge in [0.05, 0.1) is 0 Å². The molecule has 0 unspecified atom stereocenters. The van der Waals surface area contributed by atoms with E-state index in [0.717, 1.165) is 19.6 Å². The third-order valence-electron chi connectivity index (χ3n) is 3.07. The fourth-order valence-electron chi connectivity index (χ4n) is 2.20. The van der Waals surface area contributed by atoms with Crippen molar-refractivity contribution in [2.45, 2.75) is 20.0 Å². The molecule has 0 amide bonds. The van der Waals surface area contributed by atoms with E-state index in [-0.39, 0.29) is 0 Å². The highest BCUT2D eigenvalue weighted by atomic mass is 32.1. The normalized spacial score (nSPS) is 14.2. The number of nitrogens with zero attached hydrogens (tertiary/aromatic N) is 2. The molecule has 0 N–H and O–H groups in total. The van der Waals surface area contributed by atoms with Crippen molar-refractivity contribution in [3.05, 3.63) is 47.0 Å². The highest BCUT2D eigenvalue weighted by Crippen LogP contribution is 2.24. The Bertz CT molecular complexity index is 490. The van der Waals surface area contributed by atoms with Crippen LogP contribution in [0.4, 0.5) is 5.13 Å². The number of aryl methyl sites for hydroxylation is 1. The molecule has 1 aromatic heterocycles. The molecule has 0 radical (unpaired) electrons. The number of rotatable bonds is 2. The number of thiazole rings is 1. The second-order valence-corrected chi connectivity index (χ2v) is 5.06. The van der Waals surface area contributed by atoms with Gasteiger partial charge in [-0.1, -0.05) is 41.7 Å². The fourth-order valence-corrected chi connectivity index (χ4v) is 3.27. The molecule has 2 aromatic rings. The summed E-state index contributed by atoms with van der Waals surface area (Å²) in [6, 6.07) is 10.7. The number of aromatic nitrogens is 1. The van der Waals surface area contributed by atoms with Crippen LogP contribution in [-0.4, -0.2) is 6.54 Å². The van der Waals surface area contributed by atoms with E-state index in [1.54, 1.807) is 0 Å². The maximum absolute atomic E-state index is 2.47. The van der Waals surface area contributed by atoms with Gasteiger partial charge in [-0.2, -0.15) is 0 Å². The SMILES string of the molecule is Cc1csc2[n+]1CCN2Cc1ccccc1. The third kappa shape index (κ3) is 1.61. The molecule has 3 heteroatoms. The maximum Gasteiger partial charge on any atom is 0.336 e. The molecule has 0 bridgehead atoms. The first-order chi connectivity index (χ1) is 7.84. The van der Waals surface area contributed by atoms with Crippen LogP contribution in [0.1, 0.15) is 11.3 Å². The van der Waals surface area contributed by atoms with E-state index in [9.17, 15) is 0 Å². The fraction of sp³-hybridized carbons (Fsp3) is 0.308. The van der Waals surface area contributed by atoms with Crippen LogP contribution in [0.3, 0.4) is 0 Å². The van der Waals surface area contributed by atoms with Crippen LogP contribution in [0.5, 0.6) is 0 Å². The molecule has 3 rings (SSSR count). The Balaban J connectivity index is 1.84. The molecule has 0 aliphatic carbocycles. The van der Waals surface area contributed by atoms with Crippen molar-refractivity contribution in [3.8, 4) is 0 Å². The predicted octanol–water partition coefficient (Wildman–Crippen LogP) is 2.36. The minimum Gasteiger partial charge on any atom is -0.244 e. The van der Waals surface area contributed by atoms with Gasteiger partial charge in [0.25, 0.3) is 0 Å². The Kier molecular flexibility index (Phi) is 2.40. The lowest BCUT2D eigenvalue weighted by Crippen LogP contribution is -2.31. The van der Waals surface area contributed by atoms with Crippen molar-refractivity contribution in [2.75, 3.05) is 11.4 Å². The van der Waals surface area contributed by atoms with E-state index in [2.05, 4.69) is 52.1 Å². The molecule has 1 aliphatic heterocycles. The summed E-state index contributed by atoms with van der Waals surface area (Å²) in [7, 11) is 0. The van der Waals surface area contributed by atoms with Gasteiger partial charge in [-0.05, 0) is 12.5 Å². The molecular formula is C13H15N2S+. The lowest BCUT2D eigenvalue weighted by atomic mass is 10.2. The first-order valence-electron chi connectivity index (χ1n) is 5.61. The van der Waals surface area contributed by atoms with Crippen LogP contribution >= 0.6 is 11.3 Å². The average molecular weight is 231 g/mol. The van der Waals surface area contributed by atoms with Gasteiger partial charge in [-0.15, -0.1) is 0 Å². The Morgan fingerprint density at radius 1 is 1.31 bits per heavy atom. The van der Waals surface area contributed by atoms with Gasteiger partial charge >= 0.3 is 5.13 Å². The van der Waals surface area contributed by atoms with Gasteiger partial charge in [-0.25, -0.2) is 9.47 Å². The van der Waals surface area contributed by atoms with Gasteiger partial charge in [0.15, 0.2) is 0 Å². The first-order valence-corrected chi connectivity index (χ1v) is 6.49. The van der Waals surface area contributed by atoms with Crippen molar-refractivity contribution < 1.29 is 4.57 Å². The summed E-state index contributed by atoms with van der Waals surface area (Å²) in [6.07, 6.45) is 0. The minimum absolute atomic E-state index is 1.03. The van der Waals surface area contributed by atoms with E-state index < -0.39 is 0 Å². The summed E-state index contributed by atoms with van der Waals surface area (Å²) >= 11 is 1.85. The molecule has 1 aromatic carbocycles. The van der Waals surface area contributed by atoms with Gasteiger partial charge < -0.3 is 0 Å². The lowest BCUT2D eigenvalue weighted by molar-refractivity contribution is -0.673.